The lowest BCUT2D eigenvalue weighted by Crippen LogP contribution is -2.37. The van der Waals surface area contributed by atoms with Crippen LogP contribution in [0.5, 0.6) is 0 Å². The summed E-state index contributed by atoms with van der Waals surface area (Å²) in [5.74, 6) is -2.13. The molecule has 0 heterocycles. The Bertz CT molecular complexity index is 578. The zero-order chi connectivity index (χ0) is 17.1. The van der Waals surface area contributed by atoms with E-state index in [1.165, 1.54) is 12.1 Å². The highest BCUT2D eigenvalue weighted by atomic mass is 19.1. The molecular weight excluding hydrogens is 293 g/mol. The summed E-state index contributed by atoms with van der Waals surface area (Å²) in [4.78, 5) is 22.5. The summed E-state index contributed by atoms with van der Waals surface area (Å²) in [6, 6.07) is 3.66. The van der Waals surface area contributed by atoms with Crippen LogP contribution in [0.2, 0.25) is 0 Å². The number of carbonyl (C=O) groups excluding carboxylic acids is 1. The Morgan fingerprint density at radius 1 is 1.27 bits per heavy atom. The van der Waals surface area contributed by atoms with Gasteiger partial charge in [-0.05, 0) is 51.5 Å². The van der Waals surface area contributed by atoms with Crippen molar-refractivity contribution in [3.05, 3.63) is 29.6 Å². The van der Waals surface area contributed by atoms with Crippen molar-refractivity contribution in [1.29, 1.82) is 0 Å². The second kappa shape index (κ2) is 6.31. The van der Waals surface area contributed by atoms with Crippen LogP contribution < -0.4 is 5.32 Å². The van der Waals surface area contributed by atoms with Gasteiger partial charge in [0.1, 0.15) is 11.4 Å². The summed E-state index contributed by atoms with van der Waals surface area (Å²) in [5, 5.41) is 21.0. The third-order valence-corrected chi connectivity index (χ3v) is 2.69. The van der Waals surface area contributed by atoms with E-state index >= 15 is 0 Å². The predicted molar refractivity (Wildman–Crippen MR) is 78.2 cm³/mol. The van der Waals surface area contributed by atoms with E-state index in [-0.39, 0.29) is 11.3 Å². The lowest BCUT2D eigenvalue weighted by atomic mass is 9.96. The Morgan fingerprint density at radius 2 is 1.86 bits per heavy atom. The van der Waals surface area contributed by atoms with Crippen molar-refractivity contribution in [1.82, 2.24) is 0 Å². The number of amides is 1. The highest BCUT2D eigenvalue weighted by Crippen LogP contribution is 2.21. The van der Waals surface area contributed by atoms with E-state index in [0.717, 1.165) is 13.0 Å². The fourth-order valence-corrected chi connectivity index (χ4v) is 1.66. The van der Waals surface area contributed by atoms with Gasteiger partial charge < -0.3 is 14.9 Å². The van der Waals surface area contributed by atoms with Crippen molar-refractivity contribution in [2.75, 3.05) is 5.32 Å². The number of carboxylic acids is 1. The average molecular weight is 313 g/mol. The van der Waals surface area contributed by atoms with E-state index in [1.54, 1.807) is 20.8 Å². The standard InChI is InChI=1S/C15H20FNO5/c1-14(2,3)22-13(20)17-10-5-6-11(16)9(7-10)8-15(4,21)12(18)19/h5-7,21H,8H2,1-4H3,(H,17,20)(H,18,19). The van der Waals surface area contributed by atoms with Crippen LogP contribution in [-0.4, -0.2) is 33.5 Å². The smallest absolute Gasteiger partial charge is 0.412 e. The van der Waals surface area contributed by atoms with Gasteiger partial charge >= 0.3 is 12.1 Å². The van der Waals surface area contributed by atoms with E-state index in [2.05, 4.69) is 5.32 Å². The van der Waals surface area contributed by atoms with E-state index in [4.69, 9.17) is 9.84 Å². The maximum Gasteiger partial charge on any atom is 0.412 e. The monoisotopic (exact) mass is 313 g/mol. The Hall–Kier alpha value is -2.15. The maximum atomic E-state index is 13.7. The molecule has 0 spiro atoms. The zero-order valence-electron chi connectivity index (χ0n) is 12.9. The van der Waals surface area contributed by atoms with Crippen molar-refractivity contribution < 1.29 is 28.9 Å². The zero-order valence-corrected chi connectivity index (χ0v) is 12.9. The first-order valence-electron chi connectivity index (χ1n) is 6.65. The molecule has 6 nitrogen and oxygen atoms in total. The second-order valence-electron chi connectivity index (χ2n) is 6.19. The van der Waals surface area contributed by atoms with Crippen LogP contribution in [0.1, 0.15) is 33.3 Å². The Kier molecular flexibility index (Phi) is 5.13. The van der Waals surface area contributed by atoms with Gasteiger partial charge in [-0.3, -0.25) is 5.32 Å². The number of carbonyl (C=O) groups is 2. The van der Waals surface area contributed by atoms with Gasteiger partial charge in [0.15, 0.2) is 5.60 Å². The van der Waals surface area contributed by atoms with Gasteiger partial charge in [0.2, 0.25) is 0 Å². The van der Waals surface area contributed by atoms with E-state index in [9.17, 15) is 19.1 Å². The number of hydrogen-bond acceptors (Lipinski definition) is 4. The molecule has 1 aromatic rings. The van der Waals surface area contributed by atoms with Gasteiger partial charge in [0.25, 0.3) is 0 Å². The Balaban J connectivity index is 2.91. The summed E-state index contributed by atoms with van der Waals surface area (Å²) in [5.41, 5.74) is -2.57. The number of benzene rings is 1. The molecule has 22 heavy (non-hydrogen) atoms. The topological polar surface area (TPSA) is 95.9 Å². The minimum atomic E-state index is -2.11. The Labute approximate surface area is 127 Å². The number of hydrogen-bond donors (Lipinski definition) is 3. The second-order valence-corrected chi connectivity index (χ2v) is 6.19. The minimum Gasteiger partial charge on any atom is -0.479 e. The number of nitrogens with one attached hydrogen (secondary N) is 1. The van der Waals surface area contributed by atoms with Crippen molar-refractivity contribution in [3.63, 3.8) is 0 Å². The van der Waals surface area contributed by atoms with Crippen molar-refractivity contribution in [3.8, 4) is 0 Å². The van der Waals surface area contributed by atoms with Crippen LogP contribution in [0.15, 0.2) is 18.2 Å². The summed E-state index contributed by atoms with van der Waals surface area (Å²) in [7, 11) is 0. The number of aliphatic carboxylic acids is 1. The largest absolute Gasteiger partial charge is 0.479 e. The Morgan fingerprint density at radius 3 is 2.36 bits per heavy atom. The summed E-state index contributed by atoms with van der Waals surface area (Å²) < 4.78 is 18.8. The van der Waals surface area contributed by atoms with Crippen LogP contribution in [0.25, 0.3) is 0 Å². The number of halogens is 1. The van der Waals surface area contributed by atoms with Crippen molar-refractivity contribution in [2.45, 2.75) is 45.3 Å². The molecule has 0 bridgehead atoms. The molecule has 0 saturated carbocycles. The highest BCUT2D eigenvalue weighted by Gasteiger charge is 2.31. The summed E-state index contributed by atoms with van der Waals surface area (Å²) >= 11 is 0. The fraction of sp³-hybridized carbons (Fsp3) is 0.467. The highest BCUT2D eigenvalue weighted by molar-refractivity contribution is 5.85. The SMILES string of the molecule is CC(C)(C)OC(=O)Nc1ccc(F)c(CC(C)(O)C(=O)O)c1. The summed E-state index contributed by atoms with van der Waals surface area (Å²) in [6.45, 7) is 6.18. The van der Waals surface area contributed by atoms with Crippen LogP contribution in [0, 0.1) is 5.82 Å². The molecule has 0 aromatic heterocycles. The lowest BCUT2D eigenvalue weighted by Gasteiger charge is -2.21. The van der Waals surface area contributed by atoms with E-state index in [0.29, 0.717) is 0 Å². The molecule has 1 rings (SSSR count). The van der Waals surface area contributed by atoms with E-state index in [1.807, 2.05) is 0 Å². The molecule has 1 amide bonds. The molecular formula is C15H20FNO5. The van der Waals surface area contributed by atoms with E-state index < -0.39 is 35.5 Å². The molecule has 7 heteroatoms. The van der Waals surface area contributed by atoms with Crippen molar-refractivity contribution >= 4 is 17.7 Å². The number of ether oxygens (including phenoxy) is 1. The molecule has 1 atom stereocenters. The quantitative estimate of drug-likeness (QED) is 0.794. The molecule has 3 N–H and O–H groups in total. The first-order chi connectivity index (χ1) is 9.90. The molecule has 0 fully saturated rings. The minimum absolute atomic E-state index is 0.0269. The van der Waals surface area contributed by atoms with Gasteiger partial charge in [-0.15, -0.1) is 0 Å². The molecule has 0 radical (unpaired) electrons. The van der Waals surface area contributed by atoms with Crippen LogP contribution >= 0.6 is 0 Å². The van der Waals surface area contributed by atoms with Crippen LogP contribution in [0.3, 0.4) is 0 Å². The van der Waals surface area contributed by atoms with Crippen molar-refractivity contribution in [2.24, 2.45) is 0 Å². The molecule has 0 aliphatic carbocycles. The number of aliphatic hydroxyl groups is 1. The fourth-order valence-electron chi connectivity index (χ4n) is 1.66. The summed E-state index contributed by atoms with van der Waals surface area (Å²) in [6.07, 6.45) is -1.15. The number of rotatable bonds is 4. The van der Waals surface area contributed by atoms with Crippen LogP contribution in [-0.2, 0) is 16.0 Å². The maximum absolute atomic E-state index is 13.7. The third-order valence-electron chi connectivity index (χ3n) is 2.69. The lowest BCUT2D eigenvalue weighted by molar-refractivity contribution is -0.156. The van der Waals surface area contributed by atoms with Gasteiger partial charge in [0.05, 0.1) is 0 Å². The normalized spacial score (nSPS) is 14.1. The predicted octanol–water partition coefficient (Wildman–Crippen LogP) is 2.55. The van der Waals surface area contributed by atoms with Gasteiger partial charge in [-0.2, -0.15) is 0 Å². The van der Waals surface area contributed by atoms with Crippen LogP contribution in [0.4, 0.5) is 14.9 Å². The molecule has 122 valence electrons. The number of carboxylic acid groups (broad SMARTS) is 1. The first-order valence-corrected chi connectivity index (χ1v) is 6.65. The average Bonchev–Trinajstić information content (AvgIpc) is 2.30. The molecule has 1 aromatic carbocycles. The molecule has 0 aliphatic rings. The third kappa shape index (κ3) is 5.33. The molecule has 0 saturated heterocycles. The number of anilines is 1. The van der Waals surface area contributed by atoms with Gasteiger partial charge in [-0.25, -0.2) is 14.0 Å². The molecule has 1 unspecified atom stereocenters. The van der Waals surface area contributed by atoms with Gasteiger partial charge in [0, 0.05) is 12.1 Å². The molecule has 0 aliphatic heterocycles. The van der Waals surface area contributed by atoms with Gasteiger partial charge in [-0.1, -0.05) is 0 Å². The first kappa shape index (κ1) is 17.9.